The number of benzene rings is 2. The summed E-state index contributed by atoms with van der Waals surface area (Å²) >= 11 is 16.2. The molecule has 0 saturated carbocycles. The van der Waals surface area contributed by atoms with Crippen LogP contribution in [0.5, 0.6) is 5.75 Å². The Hall–Kier alpha value is -0.740. The summed E-state index contributed by atoms with van der Waals surface area (Å²) in [7, 11) is 1.91. The molecule has 1 unspecified atom stereocenters. The Morgan fingerprint density at radius 3 is 2.81 bits per heavy atom. The van der Waals surface area contributed by atoms with Crippen molar-refractivity contribution in [2.24, 2.45) is 0 Å². The van der Waals surface area contributed by atoms with Crippen molar-refractivity contribution in [1.82, 2.24) is 5.32 Å². The number of rotatable bonds is 3. The van der Waals surface area contributed by atoms with Gasteiger partial charge in [0.1, 0.15) is 5.75 Å². The maximum Gasteiger partial charge on any atom is 0.127 e. The normalized spacial score (nSPS) is 14.7. The average molecular weight is 387 g/mol. The van der Waals surface area contributed by atoms with Gasteiger partial charge < -0.3 is 10.1 Å². The van der Waals surface area contributed by atoms with Crippen LogP contribution >= 0.6 is 39.1 Å². The van der Waals surface area contributed by atoms with Crippen LogP contribution < -0.4 is 10.1 Å². The molecule has 0 amide bonds. The Labute approximate surface area is 142 Å². The van der Waals surface area contributed by atoms with Crippen molar-refractivity contribution in [2.75, 3.05) is 13.7 Å². The maximum atomic E-state index is 6.45. The van der Waals surface area contributed by atoms with Gasteiger partial charge in [-0.3, -0.25) is 0 Å². The first kappa shape index (κ1) is 15.2. The molecular formula is C16H14BrCl2NO. The van der Waals surface area contributed by atoms with Gasteiger partial charge in [0, 0.05) is 21.5 Å². The molecule has 2 nitrogen and oxygen atoms in total. The Morgan fingerprint density at radius 2 is 2.05 bits per heavy atom. The highest BCUT2D eigenvalue weighted by Gasteiger charge is 2.25. The smallest absolute Gasteiger partial charge is 0.127 e. The Morgan fingerprint density at radius 1 is 1.24 bits per heavy atom. The number of nitrogens with one attached hydrogen (secondary N) is 1. The van der Waals surface area contributed by atoms with E-state index in [1.165, 1.54) is 0 Å². The summed E-state index contributed by atoms with van der Waals surface area (Å²) in [6.07, 6.45) is 0.894. The molecule has 21 heavy (non-hydrogen) atoms. The molecule has 1 atom stereocenters. The third-order valence-corrected chi connectivity index (χ3v) is 5.20. The van der Waals surface area contributed by atoms with Crippen molar-refractivity contribution in [2.45, 2.75) is 12.5 Å². The monoisotopic (exact) mass is 385 g/mol. The molecule has 0 fully saturated rings. The van der Waals surface area contributed by atoms with Gasteiger partial charge in [-0.05, 0) is 52.3 Å². The van der Waals surface area contributed by atoms with Crippen molar-refractivity contribution < 1.29 is 4.74 Å². The largest absolute Gasteiger partial charge is 0.493 e. The van der Waals surface area contributed by atoms with E-state index in [4.69, 9.17) is 27.9 Å². The lowest BCUT2D eigenvalue weighted by molar-refractivity contribution is 0.351. The van der Waals surface area contributed by atoms with Gasteiger partial charge in [-0.2, -0.15) is 0 Å². The van der Waals surface area contributed by atoms with Gasteiger partial charge in [0.25, 0.3) is 0 Å². The first-order valence-corrected chi connectivity index (χ1v) is 8.23. The molecule has 0 aliphatic carbocycles. The summed E-state index contributed by atoms with van der Waals surface area (Å²) in [5.41, 5.74) is 3.18. The molecule has 2 aromatic rings. The molecule has 110 valence electrons. The third kappa shape index (κ3) is 2.80. The topological polar surface area (TPSA) is 21.3 Å². The highest BCUT2D eigenvalue weighted by molar-refractivity contribution is 9.10. The van der Waals surface area contributed by atoms with Crippen molar-refractivity contribution in [3.05, 3.63) is 61.5 Å². The van der Waals surface area contributed by atoms with Gasteiger partial charge in [-0.25, -0.2) is 0 Å². The van der Waals surface area contributed by atoms with E-state index in [1.54, 1.807) is 0 Å². The molecule has 5 heteroatoms. The minimum absolute atomic E-state index is 0.0689. The molecule has 0 saturated heterocycles. The number of hydrogen-bond donors (Lipinski definition) is 1. The standard InChI is InChI=1S/C16H14BrCl2NO/c1-20-15(11-3-2-4-13(17)14(11)19)12-8-10(18)7-9-5-6-21-16(9)12/h2-4,7-8,15,20H,5-6H2,1H3. The zero-order valence-electron chi connectivity index (χ0n) is 11.4. The number of fused-ring (bicyclic) bond motifs is 1. The van der Waals surface area contributed by atoms with E-state index >= 15 is 0 Å². The lowest BCUT2D eigenvalue weighted by atomic mass is 9.96. The van der Waals surface area contributed by atoms with Crippen molar-refractivity contribution in [3.63, 3.8) is 0 Å². The van der Waals surface area contributed by atoms with Crippen LogP contribution in [-0.4, -0.2) is 13.7 Å². The second-order valence-corrected chi connectivity index (χ2v) is 6.62. The van der Waals surface area contributed by atoms with Gasteiger partial charge in [-0.1, -0.05) is 35.3 Å². The van der Waals surface area contributed by atoms with Crippen molar-refractivity contribution in [3.8, 4) is 5.75 Å². The Kier molecular flexibility index (Phi) is 4.46. The van der Waals surface area contributed by atoms with E-state index in [9.17, 15) is 0 Å². The van der Waals surface area contributed by atoms with E-state index in [0.29, 0.717) is 11.6 Å². The molecule has 0 spiro atoms. The minimum Gasteiger partial charge on any atom is -0.493 e. The van der Waals surface area contributed by atoms with E-state index in [-0.39, 0.29) is 6.04 Å². The molecule has 0 bridgehead atoms. The molecule has 3 rings (SSSR count). The van der Waals surface area contributed by atoms with Crippen LogP contribution in [0.2, 0.25) is 10.0 Å². The Bertz CT molecular complexity index is 690. The van der Waals surface area contributed by atoms with Crippen LogP contribution in [-0.2, 0) is 6.42 Å². The van der Waals surface area contributed by atoms with Gasteiger partial charge >= 0.3 is 0 Å². The SMILES string of the molecule is CNC(c1cccc(Br)c1Cl)c1cc(Cl)cc2c1OCC2. The molecular weight excluding hydrogens is 373 g/mol. The summed E-state index contributed by atoms with van der Waals surface area (Å²) in [5, 5.41) is 4.74. The second-order valence-electron chi connectivity index (χ2n) is 4.95. The summed E-state index contributed by atoms with van der Waals surface area (Å²) in [4.78, 5) is 0. The number of halogens is 3. The predicted octanol–water partition coefficient (Wildman–Crippen LogP) is 5.00. The summed E-state index contributed by atoms with van der Waals surface area (Å²) in [6.45, 7) is 0.700. The maximum absolute atomic E-state index is 6.45. The van der Waals surface area contributed by atoms with Crippen LogP contribution in [0.1, 0.15) is 22.7 Å². The van der Waals surface area contributed by atoms with Crippen LogP contribution in [0.3, 0.4) is 0 Å². The molecule has 1 heterocycles. The van der Waals surface area contributed by atoms with Crippen LogP contribution in [0.15, 0.2) is 34.8 Å². The van der Waals surface area contributed by atoms with E-state index in [1.807, 2.05) is 37.4 Å². The van der Waals surface area contributed by atoms with Crippen LogP contribution in [0, 0.1) is 0 Å². The highest BCUT2D eigenvalue weighted by Crippen LogP contribution is 2.41. The Balaban J connectivity index is 2.15. The average Bonchev–Trinajstić information content (AvgIpc) is 2.92. The van der Waals surface area contributed by atoms with Gasteiger partial charge in [0.15, 0.2) is 0 Å². The van der Waals surface area contributed by atoms with Crippen molar-refractivity contribution in [1.29, 1.82) is 0 Å². The quantitative estimate of drug-likeness (QED) is 0.801. The molecule has 1 N–H and O–H groups in total. The fraction of sp³-hybridized carbons (Fsp3) is 0.250. The van der Waals surface area contributed by atoms with Crippen LogP contribution in [0.4, 0.5) is 0 Å². The first-order chi connectivity index (χ1) is 10.1. The minimum atomic E-state index is -0.0689. The van der Waals surface area contributed by atoms with Gasteiger partial charge in [0.05, 0.1) is 17.7 Å². The zero-order chi connectivity index (χ0) is 15.0. The van der Waals surface area contributed by atoms with Crippen molar-refractivity contribution >= 4 is 39.1 Å². The molecule has 1 aliphatic heterocycles. The summed E-state index contributed by atoms with van der Waals surface area (Å²) in [5.74, 6) is 0.926. The molecule has 2 aromatic carbocycles. The predicted molar refractivity (Wildman–Crippen MR) is 90.7 cm³/mol. The molecule has 0 aromatic heterocycles. The van der Waals surface area contributed by atoms with E-state index in [0.717, 1.165) is 38.4 Å². The van der Waals surface area contributed by atoms with E-state index in [2.05, 4.69) is 21.2 Å². The van der Waals surface area contributed by atoms with Crippen LogP contribution in [0.25, 0.3) is 0 Å². The second kappa shape index (κ2) is 6.17. The zero-order valence-corrected chi connectivity index (χ0v) is 14.5. The highest BCUT2D eigenvalue weighted by atomic mass is 79.9. The first-order valence-electron chi connectivity index (χ1n) is 6.68. The fourth-order valence-corrected chi connectivity index (χ4v) is 3.60. The molecule has 1 aliphatic rings. The van der Waals surface area contributed by atoms with E-state index < -0.39 is 0 Å². The molecule has 0 radical (unpaired) electrons. The fourth-order valence-electron chi connectivity index (χ4n) is 2.73. The summed E-state index contributed by atoms with van der Waals surface area (Å²) in [6, 6.07) is 9.77. The summed E-state index contributed by atoms with van der Waals surface area (Å²) < 4.78 is 6.68. The lowest BCUT2D eigenvalue weighted by Gasteiger charge is -2.21. The number of ether oxygens (including phenoxy) is 1. The third-order valence-electron chi connectivity index (χ3n) is 3.67. The lowest BCUT2D eigenvalue weighted by Crippen LogP contribution is -2.19. The number of hydrogen-bond acceptors (Lipinski definition) is 2. The van der Waals surface area contributed by atoms with Gasteiger partial charge in [-0.15, -0.1) is 0 Å². The van der Waals surface area contributed by atoms with Gasteiger partial charge in [0.2, 0.25) is 0 Å².